The van der Waals surface area contributed by atoms with E-state index in [2.05, 4.69) is 0 Å². The van der Waals surface area contributed by atoms with Crippen LogP contribution in [0.15, 0.2) is 24.3 Å². The summed E-state index contributed by atoms with van der Waals surface area (Å²) < 4.78 is 5.10. The minimum Gasteiger partial charge on any atom is -0.461 e. The van der Waals surface area contributed by atoms with E-state index in [1.165, 1.54) is 24.3 Å². The van der Waals surface area contributed by atoms with Crippen LogP contribution >= 0.6 is 0 Å². The molecule has 0 bridgehead atoms. The van der Waals surface area contributed by atoms with Gasteiger partial charge in [-0.05, 0) is 23.6 Å². The zero-order chi connectivity index (χ0) is 18.6. The third kappa shape index (κ3) is 4.82. The van der Waals surface area contributed by atoms with Gasteiger partial charge in [0.2, 0.25) is 6.54 Å². The third-order valence-electron chi connectivity index (χ3n) is 4.48. The smallest absolute Gasteiger partial charge is 0.306 e. The second kappa shape index (κ2) is 7.82. The Balaban J connectivity index is 1.91. The van der Waals surface area contributed by atoms with Crippen molar-refractivity contribution >= 4 is 17.4 Å². The molecule has 1 fully saturated rings. The summed E-state index contributed by atoms with van der Waals surface area (Å²) in [7, 11) is 0. The van der Waals surface area contributed by atoms with E-state index in [0.717, 1.165) is 0 Å². The van der Waals surface area contributed by atoms with Crippen LogP contribution in [0.4, 0.5) is 5.69 Å². The Kier molecular flexibility index (Phi) is 5.79. The zero-order valence-electron chi connectivity index (χ0n) is 13.6. The fraction of sp³-hybridized carbons (Fsp3) is 0.500. The fourth-order valence-corrected chi connectivity index (χ4v) is 3.12. The number of ketones is 1. The van der Waals surface area contributed by atoms with E-state index in [0.29, 0.717) is 5.56 Å². The molecule has 1 aromatic rings. The summed E-state index contributed by atoms with van der Waals surface area (Å²) in [6.45, 7) is 1.36. The Morgan fingerprint density at radius 2 is 1.88 bits per heavy atom. The van der Waals surface area contributed by atoms with Crippen LogP contribution in [0.3, 0.4) is 0 Å². The molecule has 9 nitrogen and oxygen atoms in total. The highest BCUT2D eigenvalue weighted by molar-refractivity contribution is 5.87. The van der Waals surface area contributed by atoms with Crippen molar-refractivity contribution in [1.29, 1.82) is 0 Å². The molecule has 25 heavy (non-hydrogen) atoms. The first-order valence-electron chi connectivity index (χ1n) is 7.81. The molecule has 0 saturated heterocycles. The van der Waals surface area contributed by atoms with Crippen LogP contribution in [0.1, 0.15) is 25.3 Å². The molecular weight excluding hydrogens is 332 g/mol. The number of nitrogens with zero attached hydrogens (tertiary/aromatic N) is 2. The van der Waals surface area contributed by atoms with Gasteiger partial charge in [-0.2, -0.15) is 0 Å². The maximum absolute atomic E-state index is 12.0. The number of esters is 1. The maximum atomic E-state index is 12.0. The van der Waals surface area contributed by atoms with E-state index in [9.17, 15) is 29.8 Å². The Morgan fingerprint density at radius 3 is 2.44 bits per heavy atom. The van der Waals surface area contributed by atoms with Crippen molar-refractivity contribution in [2.45, 2.75) is 26.4 Å². The van der Waals surface area contributed by atoms with Crippen LogP contribution in [0, 0.1) is 38.0 Å². The van der Waals surface area contributed by atoms with E-state index in [4.69, 9.17) is 4.74 Å². The van der Waals surface area contributed by atoms with Crippen molar-refractivity contribution < 1.29 is 24.2 Å². The number of nitro benzene ring substituents is 1. The lowest BCUT2D eigenvalue weighted by Crippen LogP contribution is -2.27. The van der Waals surface area contributed by atoms with Crippen molar-refractivity contribution in [2.24, 2.45) is 17.8 Å². The number of non-ortho nitro benzene ring substituents is 1. The van der Waals surface area contributed by atoms with Crippen molar-refractivity contribution in [3.05, 3.63) is 50.1 Å². The van der Waals surface area contributed by atoms with Gasteiger partial charge in [0.1, 0.15) is 12.4 Å². The molecule has 0 N–H and O–H groups in total. The van der Waals surface area contributed by atoms with Crippen molar-refractivity contribution in [3.8, 4) is 0 Å². The van der Waals surface area contributed by atoms with Gasteiger partial charge in [-0.25, -0.2) is 0 Å². The minimum atomic E-state index is -0.690. The summed E-state index contributed by atoms with van der Waals surface area (Å²) in [6, 6.07) is 5.56. The highest BCUT2D eigenvalue weighted by Crippen LogP contribution is 2.36. The monoisotopic (exact) mass is 350 g/mol. The van der Waals surface area contributed by atoms with Gasteiger partial charge in [0.15, 0.2) is 0 Å². The van der Waals surface area contributed by atoms with Crippen molar-refractivity contribution in [1.82, 2.24) is 0 Å². The van der Waals surface area contributed by atoms with Crippen LogP contribution in [0.25, 0.3) is 0 Å². The molecule has 1 aliphatic rings. The normalized spacial score (nSPS) is 22.6. The topological polar surface area (TPSA) is 130 Å². The molecule has 0 heterocycles. The number of carbonyl (C=O) groups is 2. The number of hydrogen-bond acceptors (Lipinski definition) is 7. The standard InChI is InChI=1S/C16H18N2O7/c1-10-6-15(19)13(14(10)8-17(21)22)7-16(20)25-9-11-2-4-12(5-3-11)18(23)24/h2-5,10,13-14H,6-9H2,1H3/t10-,13-,14-/m1/s1. The van der Waals surface area contributed by atoms with Crippen molar-refractivity contribution in [2.75, 3.05) is 6.54 Å². The highest BCUT2D eigenvalue weighted by Gasteiger charge is 2.43. The quantitative estimate of drug-likeness (QED) is 0.418. The lowest BCUT2D eigenvalue weighted by molar-refractivity contribution is -0.490. The predicted octanol–water partition coefficient (Wildman–Crippen LogP) is 2.15. The van der Waals surface area contributed by atoms with E-state index < -0.39 is 27.7 Å². The summed E-state index contributed by atoms with van der Waals surface area (Å²) in [5.41, 5.74) is 0.509. The van der Waals surface area contributed by atoms with E-state index in [1.807, 2.05) is 0 Å². The second-order valence-corrected chi connectivity index (χ2v) is 6.22. The molecule has 0 amide bonds. The highest BCUT2D eigenvalue weighted by atomic mass is 16.6. The van der Waals surface area contributed by atoms with Crippen LogP contribution < -0.4 is 0 Å². The van der Waals surface area contributed by atoms with Crippen LogP contribution in [-0.4, -0.2) is 28.1 Å². The average molecular weight is 350 g/mol. The van der Waals surface area contributed by atoms with Crippen molar-refractivity contribution in [3.63, 3.8) is 0 Å². The molecular formula is C16H18N2O7. The molecule has 0 radical (unpaired) electrons. The number of benzene rings is 1. The number of hydrogen-bond donors (Lipinski definition) is 0. The van der Waals surface area contributed by atoms with E-state index >= 15 is 0 Å². The van der Waals surface area contributed by atoms with Gasteiger partial charge in [-0.15, -0.1) is 0 Å². The molecule has 134 valence electrons. The molecule has 1 aromatic carbocycles. The van der Waals surface area contributed by atoms with Gasteiger partial charge in [0, 0.05) is 35.3 Å². The Labute approximate surface area is 143 Å². The molecule has 1 saturated carbocycles. The van der Waals surface area contributed by atoms with Crippen LogP contribution in [0.2, 0.25) is 0 Å². The van der Waals surface area contributed by atoms with Crippen LogP contribution in [0.5, 0.6) is 0 Å². The Hall–Kier alpha value is -2.84. The van der Waals surface area contributed by atoms with E-state index in [1.54, 1.807) is 6.92 Å². The lowest BCUT2D eigenvalue weighted by atomic mass is 9.88. The molecule has 0 spiro atoms. The maximum Gasteiger partial charge on any atom is 0.306 e. The number of Topliss-reactive ketones (excluding diaryl/α,β-unsaturated/α-hetero) is 1. The summed E-state index contributed by atoms with van der Waals surface area (Å²) in [5.74, 6) is -2.05. The van der Waals surface area contributed by atoms with Gasteiger partial charge in [0.25, 0.3) is 5.69 Å². The Morgan fingerprint density at radius 1 is 1.24 bits per heavy atom. The molecule has 1 aliphatic carbocycles. The molecule has 0 aliphatic heterocycles. The summed E-state index contributed by atoms with van der Waals surface area (Å²) in [6.07, 6.45) is 0.0491. The van der Waals surface area contributed by atoms with Gasteiger partial charge in [-0.1, -0.05) is 6.92 Å². The minimum absolute atomic E-state index is 0.0664. The molecule has 0 aromatic heterocycles. The molecule has 9 heteroatoms. The Bertz CT molecular complexity index is 686. The number of rotatable bonds is 7. The zero-order valence-corrected chi connectivity index (χ0v) is 13.6. The number of ether oxygens (including phenoxy) is 1. The molecule has 2 rings (SSSR count). The summed E-state index contributed by atoms with van der Waals surface area (Å²) in [5, 5.41) is 21.3. The first-order valence-corrected chi connectivity index (χ1v) is 7.81. The van der Waals surface area contributed by atoms with Gasteiger partial charge >= 0.3 is 5.97 Å². The van der Waals surface area contributed by atoms with Crippen LogP contribution in [-0.2, 0) is 20.9 Å². The fourth-order valence-electron chi connectivity index (χ4n) is 3.12. The first-order chi connectivity index (χ1) is 11.8. The molecule has 3 atom stereocenters. The van der Waals surface area contributed by atoms with Gasteiger partial charge < -0.3 is 4.74 Å². The average Bonchev–Trinajstić information content (AvgIpc) is 2.80. The first kappa shape index (κ1) is 18.5. The van der Waals surface area contributed by atoms with Gasteiger partial charge in [0.05, 0.1) is 11.3 Å². The second-order valence-electron chi connectivity index (χ2n) is 6.22. The van der Waals surface area contributed by atoms with E-state index in [-0.39, 0.29) is 43.4 Å². The molecule has 0 unspecified atom stereocenters. The lowest BCUT2D eigenvalue weighted by Gasteiger charge is -2.17. The number of nitro groups is 2. The largest absolute Gasteiger partial charge is 0.461 e. The summed E-state index contributed by atoms with van der Waals surface area (Å²) in [4.78, 5) is 44.3. The SMILES string of the molecule is C[C@@H]1CC(=O)[C@H](CC(=O)OCc2ccc([N+](=O)[O-])cc2)[C@@H]1C[N+](=O)[O-]. The third-order valence-corrected chi connectivity index (χ3v) is 4.48. The predicted molar refractivity (Wildman–Crippen MR) is 85.1 cm³/mol. The number of carbonyl (C=O) groups excluding carboxylic acids is 2. The van der Waals surface area contributed by atoms with Gasteiger partial charge in [-0.3, -0.25) is 29.8 Å². The summed E-state index contributed by atoms with van der Waals surface area (Å²) >= 11 is 0.